The van der Waals surface area contributed by atoms with E-state index in [1.54, 1.807) is 23.1 Å². The number of nitrogens with zero attached hydrogens (tertiary/aromatic N) is 3. The second-order valence-corrected chi connectivity index (χ2v) is 9.41. The molecule has 2 heterocycles. The average molecular weight is 443 g/mol. The second-order valence-electron chi connectivity index (χ2n) is 9.41. The van der Waals surface area contributed by atoms with Crippen LogP contribution in [0.5, 0.6) is 0 Å². The van der Waals surface area contributed by atoms with Crippen LogP contribution in [0.15, 0.2) is 29.1 Å². The normalized spacial score (nSPS) is 20.1. The van der Waals surface area contributed by atoms with Crippen LogP contribution in [0.2, 0.25) is 0 Å². The molecule has 32 heavy (non-hydrogen) atoms. The van der Waals surface area contributed by atoms with E-state index in [9.17, 15) is 14.4 Å². The van der Waals surface area contributed by atoms with Gasteiger partial charge >= 0.3 is 6.09 Å². The number of H-pyrrole nitrogens is 1. The number of amides is 2. The molecule has 1 aromatic carbocycles. The molecule has 1 N–H and O–H groups in total. The number of morpholine rings is 1. The molecule has 1 saturated heterocycles. The first-order valence-corrected chi connectivity index (χ1v) is 11.0. The zero-order valence-corrected chi connectivity index (χ0v) is 19.0. The summed E-state index contributed by atoms with van der Waals surface area (Å²) in [4.78, 5) is 49.2. The van der Waals surface area contributed by atoms with E-state index in [2.05, 4.69) is 9.97 Å². The molecule has 172 valence electrons. The third-order valence-corrected chi connectivity index (χ3v) is 5.63. The predicted octanol–water partition coefficient (Wildman–Crippen LogP) is 2.61. The zero-order chi connectivity index (χ0) is 23.0. The van der Waals surface area contributed by atoms with Gasteiger partial charge in [0.15, 0.2) is 6.10 Å². The lowest BCUT2D eigenvalue weighted by molar-refractivity contribution is -0.152. The minimum Gasteiger partial charge on any atom is -0.444 e. The van der Waals surface area contributed by atoms with E-state index in [1.165, 1.54) is 4.90 Å². The van der Waals surface area contributed by atoms with Crippen molar-refractivity contribution in [3.8, 4) is 0 Å². The van der Waals surface area contributed by atoms with Gasteiger partial charge in [0.05, 0.1) is 30.1 Å². The smallest absolute Gasteiger partial charge is 0.410 e. The van der Waals surface area contributed by atoms with Crippen LogP contribution < -0.4 is 5.56 Å². The van der Waals surface area contributed by atoms with Gasteiger partial charge in [0.2, 0.25) is 0 Å². The van der Waals surface area contributed by atoms with Crippen molar-refractivity contribution in [2.75, 3.05) is 19.7 Å². The highest BCUT2D eigenvalue weighted by Gasteiger charge is 2.42. The highest BCUT2D eigenvalue weighted by Crippen LogP contribution is 2.34. The molecule has 2 fully saturated rings. The van der Waals surface area contributed by atoms with Gasteiger partial charge in [0.25, 0.3) is 11.5 Å². The van der Waals surface area contributed by atoms with Crippen LogP contribution in [0.4, 0.5) is 4.79 Å². The van der Waals surface area contributed by atoms with Crippen LogP contribution in [-0.4, -0.2) is 69.2 Å². The molecular weight excluding hydrogens is 412 g/mol. The number of carbonyl (C=O) groups is 2. The Morgan fingerprint density at radius 2 is 2.00 bits per heavy atom. The van der Waals surface area contributed by atoms with Crippen LogP contribution in [0.1, 0.15) is 52.4 Å². The number of fused-ring (bicyclic) bond motifs is 1. The number of benzene rings is 1. The number of aromatic amines is 1. The average Bonchev–Trinajstić information content (AvgIpc) is 3.57. The van der Waals surface area contributed by atoms with Gasteiger partial charge < -0.3 is 24.3 Å². The largest absolute Gasteiger partial charge is 0.444 e. The summed E-state index contributed by atoms with van der Waals surface area (Å²) in [6.45, 7) is 8.04. The van der Waals surface area contributed by atoms with Gasteiger partial charge in [-0.05, 0) is 52.7 Å². The van der Waals surface area contributed by atoms with E-state index in [-0.39, 0.29) is 30.7 Å². The first kappa shape index (κ1) is 22.3. The molecule has 0 unspecified atom stereocenters. The number of nitrogens with one attached hydrogen (secondary N) is 1. The van der Waals surface area contributed by atoms with Crippen LogP contribution in [-0.2, 0) is 14.3 Å². The number of hydrogen-bond acceptors (Lipinski definition) is 6. The first-order valence-electron chi connectivity index (χ1n) is 11.0. The number of rotatable bonds is 4. The summed E-state index contributed by atoms with van der Waals surface area (Å²) in [6.07, 6.45) is 0.531. The van der Waals surface area contributed by atoms with Crippen molar-refractivity contribution in [2.24, 2.45) is 0 Å². The molecule has 0 spiro atoms. The van der Waals surface area contributed by atoms with Crippen molar-refractivity contribution in [1.82, 2.24) is 19.8 Å². The summed E-state index contributed by atoms with van der Waals surface area (Å²) in [6, 6.07) is 6.75. The summed E-state index contributed by atoms with van der Waals surface area (Å²) in [7, 11) is 0. The molecule has 0 bridgehead atoms. The Bertz CT molecular complexity index is 1070. The Kier molecular flexibility index (Phi) is 5.94. The van der Waals surface area contributed by atoms with Gasteiger partial charge in [0, 0.05) is 12.6 Å². The zero-order valence-electron chi connectivity index (χ0n) is 19.0. The van der Waals surface area contributed by atoms with Crippen LogP contribution in [0.25, 0.3) is 10.9 Å². The number of para-hydroxylation sites is 1. The van der Waals surface area contributed by atoms with Crippen molar-refractivity contribution in [3.05, 3.63) is 40.4 Å². The van der Waals surface area contributed by atoms with Gasteiger partial charge in [-0.25, -0.2) is 9.78 Å². The maximum Gasteiger partial charge on any atom is 0.410 e. The van der Waals surface area contributed by atoms with Crippen molar-refractivity contribution in [2.45, 2.75) is 64.3 Å². The SMILES string of the molecule is C[C@H](c1nc2ccccc2c(=O)[nH]1)N(C(=O)[C@H]1CN(C(=O)OC(C)(C)C)CCO1)C1CC1. The van der Waals surface area contributed by atoms with Crippen LogP contribution in [0, 0.1) is 0 Å². The van der Waals surface area contributed by atoms with E-state index in [1.807, 2.05) is 33.8 Å². The maximum absolute atomic E-state index is 13.5. The van der Waals surface area contributed by atoms with Gasteiger partial charge in [-0.15, -0.1) is 0 Å². The Morgan fingerprint density at radius 1 is 1.28 bits per heavy atom. The molecule has 1 aromatic heterocycles. The van der Waals surface area contributed by atoms with E-state index >= 15 is 0 Å². The van der Waals surface area contributed by atoms with Crippen molar-refractivity contribution in [3.63, 3.8) is 0 Å². The fourth-order valence-electron chi connectivity index (χ4n) is 3.93. The molecule has 4 rings (SSSR count). The minimum absolute atomic E-state index is 0.0646. The quantitative estimate of drug-likeness (QED) is 0.780. The lowest BCUT2D eigenvalue weighted by atomic mass is 10.1. The Labute approximate surface area is 186 Å². The minimum atomic E-state index is -0.786. The number of hydrogen-bond donors (Lipinski definition) is 1. The van der Waals surface area contributed by atoms with Gasteiger partial charge in [0.1, 0.15) is 11.4 Å². The lowest BCUT2D eigenvalue weighted by Gasteiger charge is -2.37. The molecule has 9 nitrogen and oxygen atoms in total. The van der Waals surface area contributed by atoms with E-state index < -0.39 is 23.8 Å². The van der Waals surface area contributed by atoms with E-state index in [4.69, 9.17) is 9.47 Å². The van der Waals surface area contributed by atoms with Crippen LogP contribution >= 0.6 is 0 Å². The Morgan fingerprint density at radius 3 is 2.69 bits per heavy atom. The molecule has 2 amide bonds. The third kappa shape index (κ3) is 4.77. The molecule has 9 heteroatoms. The second kappa shape index (κ2) is 8.54. The number of ether oxygens (including phenoxy) is 2. The molecule has 1 aliphatic heterocycles. The highest BCUT2D eigenvalue weighted by atomic mass is 16.6. The fraction of sp³-hybridized carbons (Fsp3) is 0.565. The molecule has 0 radical (unpaired) electrons. The maximum atomic E-state index is 13.5. The van der Waals surface area contributed by atoms with Crippen molar-refractivity contribution >= 4 is 22.9 Å². The van der Waals surface area contributed by atoms with Crippen molar-refractivity contribution < 1.29 is 19.1 Å². The summed E-state index contributed by atoms with van der Waals surface area (Å²) in [5.41, 5.74) is -0.256. The Hall–Kier alpha value is -2.94. The molecule has 2 aromatic rings. The van der Waals surface area contributed by atoms with Gasteiger partial charge in [-0.3, -0.25) is 9.59 Å². The molecular formula is C23H30N4O5. The third-order valence-electron chi connectivity index (χ3n) is 5.63. The summed E-state index contributed by atoms with van der Waals surface area (Å²) in [5, 5.41) is 0.511. The highest BCUT2D eigenvalue weighted by molar-refractivity contribution is 5.83. The number of aromatic nitrogens is 2. The topological polar surface area (TPSA) is 105 Å². The number of carbonyl (C=O) groups excluding carboxylic acids is 2. The first-order chi connectivity index (χ1) is 15.1. The van der Waals surface area contributed by atoms with E-state index in [0.717, 1.165) is 12.8 Å². The van der Waals surface area contributed by atoms with Crippen LogP contribution in [0.3, 0.4) is 0 Å². The summed E-state index contributed by atoms with van der Waals surface area (Å²) < 4.78 is 11.2. The summed E-state index contributed by atoms with van der Waals surface area (Å²) in [5.74, 6) is 0.234. The fourth-order valence-corrected chi connectivity index (χ4v) is 3.93. The molecule has 1 saturated carbocycles. The Balaban J connectivity index is 1.54. The lowest BCUT2D eigenvalue weighted by Crippen LogP contribution is -2.54. The standard InChI is InChI=1S/C23H30N4O5/c1-14(19-24-17-8-6-5-7-16(17)20(28)25-19)27(15-9-10-15)21(29)18-13-26(11-12-31-18)22(30)32-23(2,3)4/h5-8,14-15,18H,9-13H2,1-4H3,(H,24,25,28)/t14-,18-/m1/s1. The predicted molar refractivity (Wildman–Crippen MR) is 118 cm³/mol. The van der Waals surface area contributed by atoms with E-state index in [0.29, 0.717) is 23.3 Å². The monoisotopic (exact) mass is 442 g/mol. The molecule has 1 aliphatic carbocycles. The molecule has 2 aliphatic rings. The van der Waals surface area contributed by atoms with Gasteiger partial charge in [-0.2, -0.15) is 0 Å². The molecule has 2 atom stereocenters. The van der Waals surface area contributed by atoms with Gasteiger partial charge in [-0.1, -0.05) is 12.1 Å². The summed E-state index contributed by atoms with van der Waals surface area (Å²) >= 11 is 0. The van der Waals surface area contributed by atoms with Crippen molar-refractivity contribution in [1.29, 1.82) is 0 Å².